The van der Waals surface area contributed by atoms with E-state index in [2.05, 4.69) is 0 Å². The molecule has 0 radical (unpaired) electrons. The van der Waals surface area contributed by atoms with Crippen LogP contribution < -0.4 is 10.1 Å². The largest absolute Gasteiger partial charge is 0.493 e. The smallest absolute Gasteiger partial charge is 0.416 e. The molecule has 16 heteroatoms. The second-order valence-corrected chi connectivity index (χ2v) is 12.3. The number of amidine groups is 1. The fourth-order valence-corrected chi connectivity index (χ4v) is 5.97. The molecule has 3 amide bonds. The molecule has 0 aliphatic carbocycles. The van der Waals surface area contributed by atoms with E-state index in [1.807, 2.05) is 5.32 Å². The molecule has 3 aromatic rings. The second-order valence-electron chi connectivity index (χ2n) is 11.4. The number of hydrogen-bond donors (Lipinski definition) is 1. The average Bonchev–Trinajstić information content (AvgIpc) is 3.44. The van der Waals surface area contributed by atoms with Crippen molar-refractivity contribution in [3.63, 3.8) is 0 Å². The fourth-order valence-electron chi connectivity index (χ4n) is 5.72. The van der Waals surface area contributed by atoms with Gasteiger partial charge in [0.25, 0.3) is 0 Å². The number of nitrogens with one attached hydrogen (secondary N) is 1. The number of carbonyl (C=O) groups excluding carboxylic acids is 2. The molecule has 2 aliphatic heterocycles. The van der Waals surface area contributed by atoms with Crippen LogP contribution in [0.4, 0.5) is 31.1 Å². The highest BCUT2D eigenvalue weighted by Crippen LogP contribution is 2.46. The van der Waals surface area contributed by atoms with Gasteiger partial charge in [-0.1, -0.05) is 47.5 Å². The normalized spacial score (nSPS) is 18.8. The molecule has 2 heterocycles. The zero-order valence-corrected chi connectivity index (χ0v) is 27.5. The van der Waals surface area contributed by atoms with Gasteiger partial charge in [0.1, 0.15) is 24.2 Å². The SMILES string of the molecule is CCOc1cc(C(F)(F)F)ccc1C1=NC(c2ccc(Cl)cc2)C(c2ccc(Cl)cc2)N1C(=O)N1CCN(CC(=O)NCC(F)(F)F)CC1. The lowest BCUT2D eigenvalue weighted by atomic mass is 9.93. The first-order valence-corrected chi connectivity index (χ1v) is 16.0. The molecule has 3 aromatic carbocycles. The van der Waals surface area contributed by atoms with Gasteiger partial charge in [0.05, 0.1) is 30.3 Å². The molecular weight excluding hydrogens is 699 g/mol. The van der Waals surface area contributed by atoms with Crippen LogP contribution in [0.1, 0.15) is 41.3 Å². The number of ether oxygens (including phenoxy) is 1. The Morgan fingerprint density at radius 3 is 2.02 bits per heavy atom. The quantitative estimate of drug-likeness (QED) is 0.246. The molecule has 0 aromatic heterocycles. The maximum Gasteiger partial charge on any atom is 0.416 e. The summed E-state index contributed by atoms with van der Waals surface area (Å²) < 4.78 is 84.6. The number of urea groups is 1. The first kappa shape index (κ1) is 36.3. The minimum absolute atomic E-state index is 0.0370. The summed E-state index contributed by atoms with van der Waals surface area (Å²) in [6.07, 6.45) is -9.20. The van der Waals surface area contributed by atoms with Gasteiger partial charge in [-0.05, 0) is 60.5 Å². The van der Waals surface area contributed by atoms with Gasteiger partial charge < -0.3 is 15.0 Å². The predicted octanol–water partition coefficient (Wildman–Crippen LogP) is 7.37. The minimum atomic E-state index is -4.65. The van der Waals surface area contributed by atoms with Crippen molar-refractivity contribution >= 4 is 41.0 Å². The van der Waals surface area contributed by atoms with E-state index in [4.69, 9.17) is 32.9 Å². The lowest BCUT2D eigenvalue weighted by Gasteiger charge is -2.39. The lowest BCUT2D eigenvalue weighted by Crippen LogP contribution is -2.55. The Labute approximate surface area is 288 Å². The van der Waals surface area contributed by atoms with E-state index in [-0.39, 0.29) is 56.5 Å². The number of carbonyl (C=O) groups is 2. The Morgan fingerprint density at radius 2 is 1.47 bits per heavy atom. The van der Waals surface area contributed by atoms with Crippen molar-refractivity contribution in [2.24, 2.45) is 4.99 Å². The standard InChI is InChI=1S/C33H31Cl2F6N5O3/c1-2-49-26-17-22(33(39,40)41)7-12-25(26)30-43-28(20-3-8-23(34)9-4-20)29(21-5-10-24(35)11-6-21)46(30)31(48)45-15-13-44(14-16-45)18-27(47)42-19-32(36,37)38/h3-12,17,28-29H,2,13-16,18-19H2,1H3,(H,42,47). The van der Waals surface area contributed by atoms with Crippen LogP contribution in [0.15, 0.2) is 71.7 Å². The van der Waals surface area contributed by atoms with Crippen molar-refractivity contribution in [3.05, 3.63) is 99.0 Å². The molecule has 1 saturated heterocycles. The molecule has 5 rings (SSSR count). The van der Waals surface area contributed by atoms with Gasteiger partial charge in [-0.3, -0.25) is 19.6 Å². The number of amides is 3. The van der Waals surface area contributed by atoms with Crippen LogP contribution in [-0.4, -0.2) is 84.5 Å². The Hall–Kier alpha value is -4.01. The Kier molecular flexibility index (Phi) is 11.0. The second kappa shape index (κ2) is 14.9. The molecule has 0 bridgehead atoms. The Morgan fingerprint density at radius 1 is 0.878 bits per heavy atom. The fraction of sp³-hybridized carbons (Fsp3) is 0.364. The molecule has 0 saturated carbocycles. The number of halogens is 8. The van der Waals surface area contributed by atoms with E-state index in [0.717, 1.165) is 12.1 Å². The summed E-state index contributed by atoms with van der Waals surface area (Å²) in [5.41, 5.74) is 0.548. The van der Waals surface area contributed by atoms with Crippen molar-refractivity contribution in [2.45, 2.75) is 31.4 Å². The molecule has 0 spiro atoms. The number of rotatable bonds is 8. The van der Waals surface area contributed by atoms with Crippen LogP contribution >= 0.6 is 23.2 Å². The van der Waals surface area contributed by atoms with E-state index in [1.165, 1.54) is 15.9 Å². The highest BCUT2D eigenvalue weighted by atomic mass is 35.5. The van der Waals surface area contributed by atoms with E-state index < -0.39 is 48.5 Å². The average molecular weight is 731 g/mol. The minimum Gasteiger partial charge on any atom is -0.493 e. The summed E-state index contributed by atoms with van der Waals surface area (Å²) in [6, 6.07) is 14.6. The highest BCUT2D eigenvalue weighted by molar-refractivity contribution is 6.30. The highest BCUT2D eigenvalue weighted by Gasteiger charge is 2.45. The molecule has 2 aliphatic rings. The van der Waals surface area contributed by atoms with Crippen LogP contribution in [-0.2, 0) is 11.0 Å². The third kappa shape index (κ3) is 8.78. The number of hydrogen-bond acceptors (Lipinski definition) is 5. The Bertz CT molecular complexity index is 1680. The topological polar surface area (TPSA) is 77.5 Å². The van der Waals surface area contributed by atoms with Crippen molar-refractivity contribution in [1.29, 1.82) is 0 Å². The number of benzene rings is 3. The van der Waals surface area contributed by atoms with E-state index in [0.29, 0.717) is 21.2 Å². The van der Waals surface area contributed by atoms with Gasteiger partial charge >= 0.3 is 18.4 Å². The monoisotopic (exact) mass is 729 g/mol. The van der Waals surface area contributed by atoms with Crippen LogP contribution in [0.2, 0.25) is 10.0 Å². The van der Waals surface area contributed by atoms with Crippen LogP contribution in [0.5, 0.6) is 5.75 Å². The first-order valence-electron chi connectivity index (χ1n) is 15.2. The van der Waals surface area contributed by atoms with Gasteiger partial charge in [-0.2, -0.15) is 26.3 Å². The number of aliphatic imine (C=N–C) groups is 1. The number of piperazine rings is 1. The molecule has 1 N–H and O–H groups in total. The van der Waals surface area contributed by atoms with Crippen molar-refractivity contribution in [1.82, 2.24) is 20.0 Å². The lowest BCUT2D eigenvalue weighted by molar-refractivity contribution is -0.139. The molecule has 1 fully saturated rings. The number of nitrogens with zero attached hydrogens (tertiary/aromatic N) is 4. The summed E-state index contributed by atoms with van der Waals surface area (Å²) in [4.78, 5) is 36.2. The van der Waals surface area contributed by atoms with Crippen molar-refractivity contribution in [3.8, 4) is 5.75 Å². The Balaban J connectivity index is 1.53. The van der Waals surface area contributed by atoms with Crippen LogP contribution in [0, 0.1) is 0 Å². The van der Waals surface area contributed by atoms with Gasteiger partial charge in [0, 0.05) is 36.2 Å². The van der Waals surface area contributed by atoms with Crippen molar-refractivity contribution < 1.29 is 40.7 Å². The van der Waals surface area contributed by atoms with Crippen LogP contribution in [0.25, 0.3) is 0 Å². The molecule has 49 heavy (non-hydrogen) atoms. The van der Waals surface area contributed by atoms with Crippen LogP contribution in [0.3, 0.4) is 0 Å². The number of alkyl halides is 6. The summed E-state index contributed by atoms with van der Waals surface area (Å²) in [7, 11) is 0. The first-order chi connectivity index (χ1) is 23.1. The zero-order chi connectivity index (χ0) is 35.5. The maximum absolute atomic E-state index is 14.6. The molecule has 262 valence electrons. The van der Waals surface area contributed by atoms with E-state index >= 15 is 0 Å². The maximum atomic E-state index is 14.6. The summed E-state index contributed by atoms with van der Waals surface area (Å²) >= 11 is 12.4. The molecule has 8 nitrogen and oxygen atoms in total. The van der Waals surface area contributed by atoms with Gasteiger partial charge in [0.15, 0.2) is 0 Å². The summed E-state index contributed by atoms with van der Waals surface area (Å²) in [5, 5.41) is 2.75. The van der Waals surface area contributed by atoms with Gasteiger partial charge in [-0.15, -0.1) is 0 Å². The van der Waals surface area contributed by atoms with Crippen molar-refractivity contribution in [2.75, 3.05) is 45.9 Å². The van der Waals surface area contributed by atoms with Gasteiger partial charge in [-0.25, -0.2) is 4.79 Å². The third-order valence-corrected chi connectivity index (χ3v) is 8.55. The van der Waals surface area contributed by atoms with Gasteiger partial charge in [0.2, 0.25) is 5.91 Å². The third-order valence-electron chi connectivity index (χ3n) is 8.04. The zero-order valence-electron chi connectivity index (χ0n) is 26.0. The summed E-state index contributed by atoms with van der Waals surface area (Å²) in [6.45, 7) is 0.512. The molecule has 2 atom stereocenters. The molecule has 2 unspecified atom stereocenters. The molecular formula is C33H31Cl2F6N5O3. The van der Waals surface area contributed by atoms with E-state index in [9.17, 15) is 35.9 Å². The van der Waals surface area contributed by atoms with E-state index in [1.54, 1.807) is 60.4 Å². The predicted molar refractivity (Wildman–Crippen MR) is 172 cm³/mol. The summed E-state index contributed by atoms with van der Waals surface area (Å²) in [5.74, 6) is -0.836.